The Morgan fingerprint density at radius 3 is 2.45 bits per heavy atom. The normalized spacial score (nSPS) is 14.5. The minimum Gasteiger partial charge on any atom is -0.0847 e. The van der Waals surface area contributed by atoms with E-state index in [2.05, 4.69) is 19.9 Å². The molecule has 0 rings (SSSR count). The second-order valence-electron chi connectivity index (χ2n) is 2.36. The summed E-state index contributed by atoms with van der Waals surface area (Å²) in [6.45, 7) is 6.11. The average molecular weight is 171 g/mol. The molecule has 0 bridgehead atoms. The SMILES string of the molecule is C\C=C(Cl)/C=C\C(C)=C/CC. The van der Waals surface area contributed by atoms with Crippen molar-refractivity contribution in [2.24, 2.45) is 0 Å². The van der Waals surface area contributed by atoms with Gasteiger partial charge in [0.2, 0.25) is 0 Å². The summed E-state index contributed by atoms with van der Waals surface area (Å²) in [7, 11) is 0. The van der Waals surface area contributed by atoms with Crippen LogP contribution in [0.4, 0.5) is 0 Å². The fourth-order valence-electron chi connectivity index (χ4n) is 0.697. The van der Waals surface area contributed by atoms with Crippen molar-refractivity contribution in [1.82, 2.24) is 0 Å². The summed E-state index contributed by atoms with van der Waals surface area (Å²) < 4.78 is 0. The van der Waals surface area contributed by atoms with E-state index in [9.17, 15) is 0 Å². The molecule has 0 aliphatic carbocycles. The second-order valence-corrected chi connectivity index (χ2v) is 2.80. The van der Waals surface area contributed by atoms with Gasteiger partial charge in [-0.2, -0.15) is 0 Å². The highest BCUT2D eigenvalue weighted by molar-refractivity contribution is 6.31. The van der Waals surface area contributed by atoms with Gasteiger partial charge >= 0.3 is 0 Å². The molecule has 0 heterocycles. The third-order valence-corrected chi connectivity index (χ3v) is 1.65. The van der Waals surface area contributed by atoms with Crippen LogP contribution < -0.4 is 0 Å². The van der Waals surface area contributed by atoms with Gasteiger partial charge in [0.05, 0.1) is 0 Å². The maximum Gasteiger partial charge on any atom is 0.0363 e. The molecular weight excluding hydrogens is 156 g/mol. The predicted molar refractivity (Wildman–Crippen MR) is 52.8 cm³/mol. The van der Waals surface area contributed by atoms with Gasteiger partial charge in [0.1, 0.15) is 0 Å². The van der Waals surface area contributed by atoms with E-state index in [1.54, 1.807) is 0 Å². The van der Waals surface area contributed by atoms with E-state index in [0.29, 0.717) is 0 Å². The zero-order valence-electron chi connectivity index (χ0n) is 7.39. The van der Waals surface area contributed by atoms with Crippen LogP contribution in [0.15, 0.2) is 34.9 Å². The molecule has 0 atom stereocenters. The monoisotopic (exact) mass is 170 g/mol. The summed E-state index contributed by atoms with van der Waals surface area (Å²) in [5.74, 6) is 0. The zero-order chi connectivity index (χ0) is 8.69. The van der Waals surface area contributed by atoms with Gasteiger partial charge in [0.25, 0.3) is 0 Å². The van der Waals surface area contributed by atoms with Gasteiger partial charge < -0.3 is 0 Å². The van der Waals surface area contributed by atoms with E-state index in [4.69, 9.17) is 11.6 Å². The van der Waals surface area contributed by atoms with Crippen molar-refractivity contribution in [1.29, 1.82) is 0 Å². The summed E-state index contributed by atoms with van der Waals surface area (Å²) in [6.07, 6.45) is 9.03. The second kappa shape index (κ2) is 6.23. The van der Waals surface area contributed by atoms with Gasteiger partial charge in [0, 0.05) is 5.03 Å². The maximum absolute atomic E-state index is 5.76. The Morgan fingerprint density at radius 2 is 2.00 bits per heavy atom. The summed E-state index contributed by atoms with van der Waals surface area (Å²) in [4.78, 5) is 0. The fourth-order valence-corrected chi connectivity index (χ4v) is 0.760. The van der Waals surface area contributed by atoms with Crippen LogP contribution in [0.1, 0.15) is 27.2 Å². The number of allylic oxidation sites excluding steroid dienone is 6. The van der Waals surface area contributed by atoms with Crippen LogP contribution in [0.3, 0.4) is 0 Å². The first-order valence-corrected chi connectivity index (χ1v) is 4.25. The summed E-state index contributed by atoms with van der Waals surface area (Å²) >= 11 is 5.76. The first-order chi connectivity index (χ1) is 5.20. The molecule has 0 saturated carbocycles. The first kappa shape index (κ1) is 10.5. The van der Waals surface area contributed by atoms with Crippen molar-refractivity contribution < 1.29 is 0 Å². The molecule has 0 aliphatic heterocycles. The number of halogens is 1. The highest BCUT2D eigenvalue weighted by Gasteiger charge is 1.81. The molecule has 11 heavy (non-hydrogen) atoms. The van der Waals surface area contributed by atoms with Crippen LogP contribution in [-0.2, 0) is 0 Å². The summed E-state index contributed by atoms with van der Waals surface area (Å²) in [6, 6.07) is 0. The Hall–Kier alpha value is -0.490. The standard InChI is InChI=1S/C10H15Cl/c1-4-6-9(3)7-8-10(11)5-2/h5-8H,4H2,1-3H3/b8-7-,9-6-,10-5+. The van der Waals surface area contributed by atoms with E-state index >= 15 is 0 Å². The third kappa shape index (κ3) is 5.93. The molecule has 0 aromatic rings. The van der Waals surface area contributed by atoms with E-state index in [1.165, 1.54) is 5.57 Å². The van der Waals surface area contributed by atoms with E-state index in [0.717, 1.165) is 11.5 Å². The van der Waals surface area contributed by atoms with E-state index in [-0.39, 0.29) is 0 Å². The van der Waals surface area contributed by atoms with Crippen LogP contribution in [-0.4, -0.2) is 0 Å². The van der Waals surface area contributed by atoms with Crippen molar-refractivity contribution in [2.45, 2.75) is 27.2 Å². The van der Waals surface area contributed by atoms with Crippen LogP contribution >= 0.6 is 11.6 Å². The highest BCUT2D eigenvalue weighted by Crippen LogP contribution is 2.05. The molecule has 0 spiro atoms. The van der Waals surface area contributed by atoms with Crippen LogP contribution in [0.25, 0.3) is 0 Å². The first-order valence-electron chi connectivity index (χ1n) is 3.87. The Morgan fingerprint density at radius 1 is 1.36 bits per heavy atom. The Kier molecular flexibility index (Phi) is 5.96. The lowest BCUT2D eigenvalue weighted by Gasteiger charge is -1.89. The quantitative estimate of drug-likeness (QED) is 0.561. The number of hydrogen-bond donors (Lipinski definition) is 0. The molecule has 0 unspecified atom stereocenters. The van der Waals surface area contributed by atoms with Crippen LogP contribution in [0.2, 0.25) is 0 Å². The van der Waals surface area contributed by atoms with Gasteiger partial charge in [-0.25, -0.2) is 0 Å². The van der Waals surface area contributed by atoms with E-state index < -0.39 is 0 Å². The van der Waals surface area contributed by atoms with Gasteiger partial charge in [-0.05, 0) is 26.3 Å². The fraction of sp³-hybridized carbons (Fsp3) is 0.400. The van der Waals surface area contributed by atoms with Gasteiger partial charge in [-0.1, -0.05) is 42.3 Å². The van der Waals surface area contributed by atoms with Gasteiger partial charge in [-0.3, -0.25) is 0 Å². The lowest BCUT2D eigenvalue weighted by molar-refractivity contribution is 1.20. The maximum atomic E-state index is 5.76. The summed E-state index contributed by atoms with van der Waals surface area (Å²) in [5.41, 5.74) is 1.26. The molecule has 62 valence electrons. The molecule has 0 aliphatic rings. The van der Waals surface area contributed by atoms with Crippen molar-refractivity contribution in [3.63, 3.8) is 0 Å². The average Bonchev–Trinajstić information content (AvgIpc) is 2.01. The van der Waals surface area contributed by atoms with Crippen LogP contribution in [0.5, 0.6) is 0 Å². The van der Waals surface area contributed by atoms with Crippen molar-refractivity contribution in [3.05, 3.63) is 34.9 Å². The molecule has 0 aromatic heterocycles. The molecule has 0 fully saturated rings. The molecule has 0 amide bonds. The van der Waals surface area contributed by atoms with Gasteiger partial charge in [-0.15, -0.1) is 0 Å². The van der Waals surface area contributed by atoms with E-state index in [1.807, 2.05) is 25.2 Å². The minimum absolute atomic E-state index is 0.786. The summed E-state index contributed by atoms with van der Waals surface area (Å²) in [5, 5.41) is 0.786. The lowest BCUT2D eigenvalue weighted by atomic mass is 10.2. The van der Waals surface area contributed by atoms with Gasteiger partial charge in [0.15, 0.2) is 0 Å². The molecule has 0 aromatic carbocycles. The molecule has 0 saturated heterocycles. The Labute approximate surface area is 74.3 Å². The zero-order valence-corrected chi connectivity index (χ0v) is 8.15. The van der Waals surface area contributed by atoms with Crippen molar-refractivity contribution in [2.75, 3.05) is 0 Å². The number of rotatable bonds is 3. The lowest BCUT2D eigenvalue weighted by Crippen LogP contribution is -1.68. The molecule has 0 nitrogen and oxygen atoms in total. The van der Waals surface area contributed by atoms with Crippen molar-refractivity contribution >= 4 is 11.6 Å². The highest BCUT2D eigenvalue weighted by atomic mass is 35.5. The largest absolute Gasteiger partial charge is 0.0847 e. The molecule has 0 radical (unpaired) electrons. The minimum atomic E-state index is 0.786. The third-order valence-electron chi connectivity index (χ3n) is 1.31. The Balaban J connectivity index is 4.03. The topological polar surface area (TPSA) is 0 Å². The molecular formula is C10H15Cl. The molecule has 1 heteroatoms. The van der Waals surface area contributed by atoms with Crippen molar-refractivity contribution in [3.8, 4) is 0 Å². The smallest absolute Gasteiger partial charge is 0.0363 e. The Bertz CT molecular complexity index is 185. The predicted octanol–water partition coefficient (Wildman–Crippen LogP) is 4.04. The number of hydrogen-bond acceptors (Lipinski definition) is 0. The molecule has 0 N–H and O–H groups in total. The van der Waals surface area contributed by atoms with Crippen LogP contribution in [0, 0.1) is 0 Å².